The Morgan fingerprint density at radius 2 is 2.60 bits per heavy atom. The SMILES string of the molecule is O=C(CS)Nc1cccs1. The second-order valence-electron chi connectivity index (χ2n) is 1.68. The van der Waals surface area contributed by atoms with E-state index in [9.17, 15) is 4.79 Å². The highest BCUT2D eigenvalue weighted by Gasteiger charge is 1.97. The fourth-order valence-corrected chi connectivity index (χ4v) is 1.24. The molecule has 1 aromatic rings. The molecule has 54 valence electrons. The lowest BCUT2D eigenvalue weighted by atomic mass is 10.6. The van der Waals surface area contributed by atoms with Gasteiger partial charge in [0, 0.05) is 0 Å². The summed E-state index contributed by atoms with van der Waals surface area (Å²) in [5, 5.41) is 5.46. The molecule has 0 saturated heterocycles. The summed E-state index contributed by atoms with van der Waals surface area (Å²) in [4.78, 5) is 10.7. The van der Waals surface area contributed by atoms with E-state index in [-0.39, 0.29) is 11.7 Å². The first-order valence-corrected chi connectivity index (χ1v) is 4.28. The second-order valence-corrected chi connectivity index (χ2v) is 2.95. The minimum Gasteiger partial charge on any atom is -0.317 e. The van der Waals surface area contributed by atoms with Crippen LogP contribution in [0.4, 0.5) is 5.00 Å². The molecule has 0 radical (unpaired) electrons. The number of hydrogen-bond donors (Lipinski definition) is 2. The maximum atomic E-state index is 10.7. The molecule has 0 aliphatic rings. The first-order valence-electron chi connectivity index (χ1n) is 2.77. The van der Waals surface area contributed by atoms with Gasteiger partial charge in [0.1, 0.15) is 0 Å². The summed E-state index contributed by atoms with van der Waals surface area (Å²) < 4.78 is 0. The average molecular weight is 173 g/mol. The number of amides is 1. The van der Waals surface area contributed by atoms with Crippen LogP contribution in [0.1, 0.15) is 0 Å². The topological polar surface area (TPSA) is 29.1 Å². The molecule has 1 amide bonds. The van der Waals surface area contributed by atoms with Gasteiger partial charge in [-0.2, -0.15) is 12.6 Å². The first-order chi connectivity index (χ1) is 4.83. The smallest absolute Gasteiger partial charge is 0.234 e. The van der Waals surface area contributed by atoms with Crippen LogP contribution in [0.5, 0.6) is 0 Å². The zero-order chi connectivity index (χ0) is 7.40. The third kappa shape index (κ3) is 2.04. The summed E-state index contributed by atoms with van der Waals surface area (Å²) >= 11 is 5.32. The van der Waals surface area contributed by atoms with Crippen molar-refractivity contribution in [2.24, 2.45) is 0 Å². The molecule has 0 aromatic carbocycles. The fourth-order valence-electron chi connectivity index (χ4n) is 0.527. The van der Waals surface area contributed by atoms with Gasteiger partial charge in [-0.3, -0.25) is 4.79 Å². The van der Waals surface area contributed by atoms with E-state index in [4.69, 9.17) is 0 Å². The van der Waals surface area contributed by atoms with Crippen LogP contribution in [0.2, 0.25) is 0 Å². The van der Waals surface area contributed by atoms with Crippen LogP contribution in [0.3, 0.4) is 0 Å². The largest absolute Gasteiger partial charge is 0.317 e. The normalized spacial score (nSPS) is 9.30. The Balaban J connectivity index is 2.48. The molecule has 0 atom stereocenters. The van der Waals surface area contributed by atoms with Crippen molar-refractivity contribution in [2.75, 3.05) is 11.1 Å². The third-order valence-electron chi connectivity index (χ3n) is 0.927. The number of anilines is 1. The lowest BCUT2D eigenvalue weighted by Gasteiger charge is -1.95. The van der Waals surface area contributed by atoms with Gasteiger partial charge >= 0.3 is 0 Å². The molecule has 0 saturated carbocycles. The maximum Gasteiger partial charge on any atom is 0.234 e. The summed E-state index contributed by atoms with van der Waals surface area (Å²) in [7, 11) is 0. The third-order valence-corrected chi connectivity index (χ3v) is 2.00. The summed E-state index contributed by atoms with van der Waals surface area (Å²) in [5.41, 5.74) is 0. The molecule has 0 fully saturated rings. The van der Waals surface area contributed by atoms with Crippen molar-refractivity contribution in [3.8, 4) is 0 Å². The van der Waals surface area contributed by atoms with Gasteiger partial charge in [-0.05, 0) is 17.5 Å². The monoisotopic (exact) mass is 173 g/mol. The van der Waals surface area contributed by atoms with Gasteiger partial charge in [-0.1, -0.05) is 0 Å². The predicted molar refractivity (Wildman–Crippen MR) is 46.8 cm³/mol. The van der Waals surface area contributed by atoms with Crippen molar-refractivity contribution in [2.45, 2.75) is 0 Å². The number of rotatable bonds is 2. The van der Waals surface area contributed by atoms with Gasteiger partial charge in [-0.25, -0.2) is 0 Å². The van der Waals surface area contributed by atoms with E-state index in [0.29, 0.717) is 0 Å². The molecular weight excluding hydrogens is 166 g/mol. The van der Waals surface area contributed by atoms with Crippen molar-refractivity contribution in [1.82, 2.24) is 0 Å². The highest BCUT2D eigenvalue weighted by molar-refractivity contribution is 7.81. The number of carbonyl (C=O) groups is 1. The fraction of sp³-hybridized carbons (Fsp3) is 0.167. The Labute approximate surface area is 68.7 Å². The highest BCUT2D eigenvalue weighted by atomic mass is 32.1. The standard InChI is InChI=1S/C6H7NOS2/c8-5(4-9)7-6-2-1-3-10-6/h1-3,9H,4H2,(H,7,8). The number of thiol groups is 1. The van der Waals surface area contributed by atoms with Crippen molar-refractivity contribution < 1.29 is 4.79 Å². The van der Waals surface area contributed by atoms with E-state index in [2.05, 4.69) is 17.9 Å². The van der Waals surface area contributed by atoms with E-state index >= 15 is 0 Å². The zero-order valence-electron chi connectivity index (χ0n) is 5.20. The van der Waals surface area contributed by atoms with E-state index in [1.54, 1.807) is 0 Å². The van der Waals surface area contributed by atoms with Crippen LogP contribution in [0.25, 0.3) is 0 Å². The van der Waals surface area contributed by atoms with Crippen LogP contribution in [0, 0.1) is 0 Å². The predicted octanol–water partition coefficient (Wildman–Crippen LogP) is 1.62. The van der Waals surface area contributed by atoms with Gasteiger partial charge < -0.3 is 5.32 Å². The summed E-state index contributed by atoms with van der Waals surface area (Å²) in [6, 6.07) is 3.74. The molecule has 1 rings (SSSR count). The Bertz CT molecular complexity index is 208. The number of carbonyl (C=O) groups excluding carboxylic acids is 1. The quantitative estimate of drug-likeness (QED) is 0.654. The lowest BCUT2D eigenvalue weighted by Crippen LogP contribution is -2.11. The lowest BCUT2D eigenvalue weighted by molar-refractivity contribution is -0.113. The number of nitrogens with one attached hydrogen (secondary N) is 1. The minimum atomic E-state index is -0.0641. The van der Waals surface area contributed by atoms with E-state index in [1.165, 1.54) is 11.3 Å². The zero-order valence-corrected chi connectivity index (χ0v) is 6.91. The first kappa shape index (κ1) is 7.63. The minimum absolute atomic E-state index is 0.0641. The van der Waals surface area contributed by atoms with Crippen LogP contribution in [-0.2, 0) is 4.79 Å². The molecule has 4 heteroatoms. The highest BCUT2D eigenvalue weighted by Crippen LogP contribution is 2.14. The second kappa shape index (κ2) is 3.63. The van der Waals surface area contributed by atoms with Gasteiger partial charge in [0.05, 0.1) is 10.8 Å². The molecule has 1 aromatic heterocycles. The van der Waals surface area contributed by atoms with Crippen LogP contribution >= 0.6 is 24.0 Å². The van der Waals surface area contributed by atoms with Crippen molar-refractivity contribution in [1.29, 1.82) is 0 Å². The number of hydrogen-bond acceptors (Lipinski definition) is 3. The average Bonchev–Trinajstić information content (AvgIpc) is 2.40. The molecule has 1 N–H and O–H groups in total. The van der Waals surface area contributed by atoms with Crippen LogP contribution < -0.4 is 5.32 Å². The number of thiophene rings is 1. The molecule has 0 aliphatic carbocycles. The van der Waals surface area contributed by atoms with Crippen molar-refractivity contribution in [3.63, 3.8) is 0 Å². The Kier molecular flexibility index (Phi) is 2.77. The van der Waals surface area contributed by atoms with E-state index < -0.39 is 0 Å². The van der Waals surface area contributed by atoms with Gasteiger partial charge in [-0.15, -0.1) is 11.3 Å². The van der Waals surface area contributed by atoms with Gasteiger partial charge in [0.2, 0.25) is 5.91 Å². The van der Waals surface area contributed by atoms with Crippen LogP contribution in [0.15, 0.2) is 17.5 Å². The molecule has 1 heterocycles. The van der Waals surface area contributed by atoms with Gasteiger partial charge in [0.15, 0.2) is 0 Å². The molecule has 0 spiro atoms. The van der Waals surface area contributed by atoms with Crippen LogP contribution in [-0.4, -0.2) is 11.7 Å². The summed E-state index contributed by atoms with van der Waals surface area (Å²) in [6.45, 7) is 0. The summed E-state index contributed by atoms with van der Waals surface area (Å²) in [5.74, 6) is 0.170. The Morgan fingerprint density at radius 3 is 3.10 bits per heavy atom. The van der Waals surface area contributed by atoms with Gasteiger partial charge in [0.25, 0.3) is 0 Å². The molecule has 0 bridgehead atoms. The van der Waals surface area contributed by atoms with Crippen molar-refractivity contribution >= 4 is 34.9 Å². The summed E-state index contributed by atoms with van der Waals surface area (Å²) in [6.07, 6.45) is 0. The molecule has 10 heavy (non-hydrogen) atoms. The maximum absolute atomic E-state index is 10.7. The van der Waals surface area contributed by atoms with E-state index in [0.717, 1.165) is 5.00 Å². The van der Waals surface area contributed by atoms with E-state index in [1.807, 2.05) is 17.5 Å². The molecule has 0 unspecified atom stereocenters. The Hall–Kier alpha value is -0.480. The molecular formula is C6H7NOS2. The van der Waals surface area contributed by atoms with Crippen molar-refractivity contribution in [3.05, 3.63) is 17.5 Å². The molecule has 0 aliphatic heterocycles. The molecule has 2 nitrogen and oxygen atoms in total. The Morgan fingerprint density at radius 1 is 1.80 bits per heavy atom.